The highest BCUT2D eigenvalue weighted by Crippen LogP contribution is 2.31. The third kappa shape index (κ3) is 4.27. The zero-order valence-corrected chi connectivity index (χ0v) is 18.7. The first-order valence-corrected chi connectivity index (χ1v) is 10.9. The van der Waals surface area contributed by atoms with E-state index < -0.39 is 5.54 Å². The smallest absolute Gasteiger partial charge is 0.258 e. The minimum atomic E-state index is -0.828. The van der Waals surface area contributed by atoms with Crippen LogP contribution in [0.5, 0.6) is 5.88 Å². The number of ether oxygens (including phenoxy) is 1. The number of hydrogen-bond donors (Lipinski definition) is 1. The van der Waals surface area contributed by atoms with Crippen LogP contribution in [0.4, 0.5) is 0 Å². The van der Waals surface area contributed by atoms with Crippen molar-refractivity contribution < 1.29 is 14.3 Å². The molecule has 164 valence electrons. The standard InChI is InChI=1S/C22H33N5O3/c1-6-27(7-2)21(29)22(11-9-8-10-12-22)24-17(28)14-30-20-18-15(3)13-16(4)23-19(18)26(5)25-20/h13H,6-12,14H2,1-5H3,(H,24,28). The van der Waals surface area contributed by atoms with E-state index in [9.17, 15) is 9.59 Å². The van der Waals surface area contributed by atoms with Crippen LogP contribution in [-0.2, 0) is 16.6 Å². The molecule has 2 aromatic rings. The predicted molar refractivity (Wildman–Crippen MR) is 115 cm³/mol. The Bertz CT molecular complexity index is 926. The molecule has 1 aliphatic carbocycles. The summed E-state index contributed by atoms with van der Waals surface area (Å²) in [5, 5.41) is 8.23. The van der Waals surface area contributed by atoms with E-state index in [1.807, 2.05) is 33.8 Å². The van der Waals surface area contributed by atoms with Gasteiger partial charge in [-0.15, -0.1) is 5.10 Å². The summed E-state index contributed by atoms with van der Waals surface area (Å²) in [5.41, 5.74) is 1.80. The molecular weight excluding hydrogens is 382 g/mol. The number of aromatic nitrogens is 3. The fourth-order valence-corrected chi connectivity index (χ4v) is 4.45. The van der Waals surface area contributed by atoms with E-state index in [0.29, 0.717) is 31.8 Å². The van der Waals surface area contributed by atoms with Crippen molar-refractivity contribution in [2.45, 2.75) is 65.3 Å². The highest BCUT2D eigenvalue weighted by molar-refractivity contribution is 5.92. The van der Waals surface area contributed by atoms with E-state index >= 15 is 0 Å². The van der Waals surface area contributed by atoms with Gasteiger partial charge < -0.3 is 15.0 Å². The fraction of sp³-hybridized carbons (Fsp3) is 0.636. The van der Waals surface area contributed by atoms with Crippen molar-refractivity contribution in [3.63, 3.8) is 0 Å². The third-order valence-corrected chi connectivity index (χ3v) is 5.97. The topological polar surface area (TPSA) is 89.4 Å². The number of rotatable bonds is 7. The van der Waals surface area contributed by atoms with Crippen LogP contribution in [0.1, 0.15) is 57.2 Å². The van der Waals surface area contributed by atoms with Gasteiger partial charge in [0, 0.05) is 25.8 Å². The lowest BCUT2D eigenvalue weighted by Gasteiger charge is -2.39. The SMILES string of the molecule is CCN(CC)C(=O)C1(NC(=O)COc2nn(C)c3nc(C)cc(C)c23)CCCCC1. The van der Waals surface area contributed by atoms with Gasteiger partial charge in [0.2, 0.25) is 11.8 Å². The quantitative estimate of drug-likeness (QED) is 0.751. The summed E-state index contributed by atoms with van der Waals surface area (Å²) in [4.78, 5) is 32.3. The lowest BCUT2D eigenvalue weighted by atomic mass is 9.80. The molecule has 1 N–H and O–H groups in total. The van der Waals surface area contributed by atoms with E-state index in [0.717, 1.165) is 41.6 Å². The van der Waals surface area contributed by atoms with Crippen molar-refractivity contribution in [3.8, 4) is 5.88 Å². The van der Waals surface area contributed by atoms with Crippen LogP contribution in [-0.4, -0.2) is 56.7 Å². The molecule has 3 rings (SSSR count). The minimum absolute atomic E-state index is 0.0133. The molecule has 0 spiro atoms. The second kappa shape index (κ2) is 9.02. The molecule has 0 atom stereocenters. The lowest BCUT2D eigenvalue weighted by Crippen LogP contribution is -2.61. The predicted octanol–water partition coefficient (Wildman–Crippen LogP) is 2.65. The summed E-state index contributed by atoms with van der Waals surface area (Å²) in [7, 11) is 1.81. The Labute approximate surface area is 178 Å². The number of pyridine rings is 1. The van der Waals surface area contributed by atoms with Gasteiger partial charge in [0.1, 0.15) is 5.54 Å². The molecule has 2 heterocycles. The highest BCUT2D eigenvalue weighted by Gasteiger charge is 2.42. The van der Waals surface area contributed by atoms with Gasteiger partial charge in [-0.25, -0.2) is 9.67 Å². The maximum Gasteiger partial charge on any atom is 0.258 e. The normalized spacial score (nSPS) is 15.8. The first-order chi connectivity index (χ1) is 14.3. The first kappa shape index (κ1) is 22.1. The summed E-state index contributed by atoms with van der Waals surface area (Å²) in [6, 6.07) is 1.97. The van der Waals surface area contributed by atoms with Gasteiger partial charge in [0.05, 0.1) is 5.39 Å². The monoisotopic (exact) mass is 415 g/mol. The largest absolute Gasteiger partial charge is 0.466 e. The minimum Gasteiger partial charge on any atom is -0.466 e. The van der Waals surface area contributed by atoms with Crippen LogP contribution in [0.25, 0.3) is 11.0 Å². The number of hydrogen-bond acceptors (Lipinski definition) is 5. The Morgan fingerprint density at radius 3 is 2.50 bits per heavy atom. The second-order valence-electron chi connectivity index (χ2n) is 8.16. The number of amides is 2. The summed E-state index contributed by atoms with van der Waals surface area (Å²) >= 11 is 0. The van der Waals surface area contributed by atoms with Gasteiger partial charge in [-0.3, -0.25) is 9.59 Å². The number of fused-ring (bicyclic) bond motifs is 1. The number of aryl methyl sites for hydroxylation is 3. The highest BCUT2D eigenvalue weighted by atomic mass is 16.5. The zero-order chi connectivity index (χ0) is 21.9. The van der Waals surface area contributed by atoms with Crippen LogP contribution in [0.15, 0.2) is 6.07 Å². The van der Waals surface area contributed by atoms with Gasteiger partial charge in [-0.2, -0.15) is 0 Å². The molecule has 8 nitrogen and oxygen atoms in total. The summed E-state index contributed by atoms with van der Waals surface area (Å²) in [6.07, 6.45) is 4.30. The van der Waals surface area contributed by atoms with Crippen LogP contribution >= 0.6 is 0 Å². The van der Waals surface area contributed by atoms with Gasteiger partial charge in [0.25, 0.3) is 5.91 Å². The van der Waals surface area contributed by atoms with Gasteiger partial charge in [-0.1, -0.05) is 19.3 Å². The molecule has 1 saturated carbocycles. The molecule has 30 heavy (non-hydrogen) atoms. The molecule has 0 bridgehead atoms. The summed E-state index contributed by atoms with van der Waals surface area (Å²) in [6.45, 7) is 8.92. The van der Waals surface area contributed by atoms with Crippen molar-refractivity contribution in [1.29, 1.82) is 0 Å². The Kier molecular flexibility index (Phi) is 6.63. The van der Waals surface area contributed by atoms with E-state index in [-0.39, 0.29) is 18.4 Å². The van der Waals surface area contributed by atoms with E-state index in [2.05, 4.69) is 15.4 Å². The van der Waals surface area contributed by atoms with Crippen LogP contribution in [0.2, 0.25) is 0 Å². The second-order valence-corrected chi connectivity index (χ2v) is 8.16. The van der Waals surface area contributed by atoms with E-state index in [1.165, 1.54) is 0 Å². The molecule has 1 aliphatic rings. The van der Waals surface area contributed by atoms with Crippen molar-refractivity contribution in [1.82, 2.24) is 25.0 Å². The maximum atomic E-state index is 13.2. The van der Waals surface area contributed by atoms with E-state index in [1.54, 1.807) is 16.6 Å². The molecule has 0 unspecified atom stereocenters. The molecular formula is C22H33N5O3. The fourth-order valence-electron chi connectivity index (χ4n) is 4.45. The Morgan fingerprint density at radius 2 is 1.87 bits per heavy atom. The number of carbonyl (C=O) groups excluding carboxylic acids is 2. The molecule has 0 aromatic carbocycles. The average Bonchev–Trinajstić information content (AvgIpc) is 3.03. The molecule has 8 heteroatoms. The van der Waals surface area contributed by atoms with Crippen LogP contribution in [0.3, 0.4) is 0 Å². The molecule has 0 aliphatic heterocycles. The van der Waals surface area contributed by atoms with Crippen molar-refractivity contribution in [3.05, 3.63) is 17.3 Å². The van der Waals surface area contributed by atoms with Crippen molar-refractivity contribution in [2.75, 3.05) is 19.7 Å². The molecule has 0 saturated heterocycles. The molecule has 2 aromatic heterocycles. The Hall–Kier alpha value is -2.64. The number of nitrogens with zero attached hydrogens (tertiary/aromatic N) is 4. The molecule has 2 amide bonds. The molecule has 1 fully saturated rings. The maximum absolute atomic E-state index is 13.2. The third-order valence-electron chi connectivity index (χ3n) is 5.97. The van der Waals surface area contributed by atoms with Crippen molar-refractivity contribution >= 4 is 22.8 Å². The zero-order valence-electron chi connectivity index (χ0n) is 18.7. The van der Waals surface area contributed by atoms with Gasteiger partial charge in [0.15, 0.2) is 12.3 Å². The van der Waals surface area contributed by atoms with Crippen LogP contribution in [0, 0.1) is 13.8 Å². The van der Waals surface area contributed by atoms with Gasteiger partial charge >= 0.3 is 0 Å². The summed E-state index contributed by atoms with van der Waals surface area (Å²) < 4.78 is 7.45. The Balaban J connectivity index is 1.75. The van der Waals surface area contributed by atoms with Crippen LogP contribution < -0.4 is 10.1 Å². The number of nitrogens with one attached hydrogen (secondary N) is 1. The first-order valence-electron chi connectivity index (χ1n) is 10.9. The van der Waals surface area contributed by atoms with Crippen molar-refractivity contribution in [2.24, 2.45) is 7.05 Å². The Morgan fingerprint density at radius 1 is 1.20 bits per heavy atom. The van der Waals surface area contributed by atoms with Gasteiger partial charge in [-0.05, 0) is 52.2 Å². The molecule has 0 radical (unpaired) electrons. The van der Waals surface area contributed by atoms with E-state index in [4.69, 9.17) is 4.74 Å². The lowest BCUT2D eigenvalue weighted by molar-refractivity contribution is -0.143. The number of carbonyl (C=O) groups is 2. The number of likely N-dealkylation sites (N-methyl/N-ethyl adjacent to an activating group) is 1. The summed E-state index contributed by atoms with van der Waals surface area (Å²) in [5.74, 6) is 0.105. The average molecular weight is 416 g/mol.